The minimum atomic E-state index is -1.10. The molecule has 0 aliphatic rings. The van der Waals surface area contributed by atoms with Crippen LogP contribution in [-0.2, 0) is 11.2 Å². The molecule has 1 unspecified atom stereocenters. The van der Waals surface area contributed by atoms with E-state index in [2.05, 4.69) is 0 Å². The fourth-order valence-electron chi connectivity index (χ4n) is 2.83. The van der Waals surface area contributed by atoms with Gasteiger partial charge in [-0.3, -0.25) is 0 Å². The highest BCUT2D eigenvalue weighted by molar-refractivity contribution is 6.36. The SMILES string of the molecule is CC(Oc1cc(Cl)c(Cc2ccc(O)c(-c3ccc(F)cc3)c2)c(Cl)c1)C(=O)O. The van der Waals surface area contributed by atoms with E-state index in [4.69, 9.17) is 33.0 Å². The number of carbonyl (C=O) groups is 1. The van der Waals surface area contributed by atoms with Gasteiger partial charge in [-0.25, -0.2) is 9.18 Å². The van der Waals surface area contributed by atoms with E-state index in [9.17, 15) is 14.3 Å². The number of phenols is 1. The third-order valence-electron chi connectivity index (χ3n) is 4.37. The molecule has 2 N–H and O–H groups in total. The van der Waals surface area contributed by atoms with Crippen LogP contribution in [0.1, 0.15) is 18.1 Å². The predicted molar refractivity (Wildman–Crippen MR) is 110 cm³/mol. The molecule has 3 aromatic rings. The van der Waals surface area contributed by atoms with Gasteiger partial charge in [-0.15, -0.1) is 0 Å². The van der Waals surface area contributed by atoms with Crippen LogP contribution >= 0.6 is 23.2 Å². The molecule has 0 fully saturated rings. The molecule has 0 bridgehead atoms. The molecule has 3 aromatic carbocycles. The largest absolute Gasteiger partial charge is 0.507 e. The lowest BCUT2D eigenvalue weighted by Crippen LogP contribution is -2.22. The van der Waals surface area contributed by atoms with Crippen molar-refractivity contribution in [1.82, 2.24) is 0 Å². The Morgan fingerprint density at radius 2 is 1.69 bits per heavy atom. The van der Waals surface area contributed by atoms with Gasteiger partial charge in [-0.2, -0.15) is 0 Å². The lowest BCUT2D eigenvalue weighted by atomic mass is 9.98. The van der Waals surface area contributed by atoms with Crippen LogP contribution in [0.15, 0.2) is 54.6 Å². The van der Waals surface area contributed by atoms with Gasteiger partial charge in [0, 0.05) is 22.0 Å². The Kier molecular flexibility index (Phi) is 6.30. The summed E-state index contributed by atoms with van der Waals surface area (Å²) < 4.78 is 18.5. The number of ether oxygens (including phenoxy) is 1. The smallest absolute Gasteiger partial charge is 0.344 e. The lowest BCUT2D eigenvalue weighted by Gasteiger charge is -2.14. The summed E-state index contributed by atoms with van der Waals surface area (Å²) in [6.07, 6.45) is -0.663. The van der Waals surface area contributed by atoms with E-state index in [-0.39, 0.29) is 17.3 Å². The Morgan fingerprint density at radius 3 is 2.28 bits per heavy atom. The molecule has 0 saturated carbocycles. The molecule has 1 atom stereocenters. The van der Waals surface area contributed by atoms with E-state index in [1.807, 2.05) is 0 Å². The van der Waals surface area contributed by atoms with Crippen molar-refractivity contribution < 1.29 is 24.1 Å². The summed E-state index contributed by atoms with van der Waals surface area (Å²) in [5.74, 6) is -1.12. The first-order valence-corrected chi connectivity index (χ1v) is 9.45. The van der Waals surface area contributed by atoms with Crippen molar-refractivity contribution >= 4 is 29.2 Å². The molecule has 4 nitrogen and oxygen atoms in total. The van der Waals surface area contributed by atoms with Crippen molar-refractivity contribution in [3.05, 3.63) is 81.6 Å². The topological polar surface area (TPSA) is 66.8 Å². The van der Waals surface area contributed by atoms with Gasteiger partial charge < -0.3 is 14.9 Å². The average molecular weight is 435 g/mol. The van der Waals surface area contributed by atoms with E-state index in [1.54, 1.807) is 30.3 Å². The molecule has 0 aliphatic heterocycles. The highest BCUT2D eigenvalue weighted by atomic mass is 35.5. The fourth-order valence-corrected chi connectivity index (χ4v) is 3.43. The quantitative estimate of drug-likeness (QED) is 0.502. The maximum atomic E-state index is 13.2. The molecule has 0 radical (unpaired) electrons. The highest BCUT2D eigenvalue weighted by Crippen LogP contribution is 2.35. The number of aromatic hydroxyl groups is 1. The van der Waals surface area contributed by atoms with Crippen molar-refractivity contribution in [2.45, 2.75) is 19.4 Å². The van der Waals surface area contributed by atoms with Crippen LogP contribution in [0.3, 0.4) is 0 Å². The second kappa shape index (κ2) is 8.72. The highest BCUT2D eigenvalue weighted by Gasteiger charge is 2.16. The number of aliphatic carboxylic acids is 1. The number of phenolic OH excluding ortho intramolecular Hbond substituents is 1. The molecule has 0 saturated heterocycles. The fraction of sp³-hybridized carbons (Fsp3) is 0.136. The number of benzene rings is 3. The summed E-state index contributed by atoms with van der Waals surface area (Å²) in [5.41, 5.74) is 2.71. The Balaban J connectivity index is 1.89. The Hall–Kier alpha value is -2.76. The third kappa shape index (κ3) is 5.00. The predicted octanol–water partition coefficient (Wildman–Crippen LogP) is 5.95. The molecule has 0 aliphatic carbocycles. The summed E-state index contributed by atoms with van der Waals surface area (Å²) in [6, 6.07) is 13.9. The van der Waals surface area contributed by atoms with Crippen LogP contribution in [0, 0.1) is 5.82 Å². The number of rotatable bonds is 6. The monoisotopic (exact) mass is 434 g/mol. The Labute approximate surface area is 177 Å². The van der Waals surface area contributed by atoms with Gasteiger partial charge in [0.1, 0.15) is 17.3 Å². The summed E-state index contributed by atoms with van der Waals surface area (Å²) in [5, 5.41) is 19.8. The molecule has 150 valence electrons. The summed E-state index contributed by atoms with van der Waals surface area (Å²) in [6.45, 7) is 1.41. The first-order valence-electron chi connectivity index (χ1n) is 8.70. The van der Waals surface area contributed by atoms with Crippen LogP contribution in [0.2, 0.25) is 10.0 Å². The molecular formula is C22H17Cl2FO4. The van der Waals surface area contributed by atoms with Crippen molar-refractivity contribution in [1.29, 1.82) is 0 Å². The number of halogens is 3. The maximum Gasteiger partial charge on any atom is 0.344 e. The number of carboxylic acid groups (broad SMARTS) is 1. The van der Waals surface area contributed by atoms with E-state index in [0.717, 1.165) is 5.56 Å². The summed E-state index contributed by atoms with van der Waals surface area (Å²) in [7, 11) is 0. The molecule has 0 heterocycles. The second-order valence-electron chi connectivity index (χ2n) is 6.50. The third-order valence-corrected chi connectivity index (χ3v) is 5.05. The van der Waals surface area contributed by atoms with Gasteiger partial charge in [-0.1, -0.05) is 41.4 Å². The van der Waals surface area contributed by atoms with Gasteiger partial charge >= 0.3 is 5.97 Å². The molecule has 0 aromatic heterocycles. The van der Waals surface area contributed by atoms with Crippen molar-refractivity contribution in [2.24, 2.45) is 0 Å². The Bertz CT molecular complexity index is 1030. The molecule has 29 heavy (non-hydrogen) atoms. The summed E-state index contributed by atoms with van der Waals surface area (Å²) >= 11 is 12.7. The van der Waals surface area contributed by atoms with Crippen molar-refractivity contribution in [3.63, 3.8) is 0 Å². The normalized spacial score (nSPS) is 11.9. The second-order valence-corrected chi connectivity index (χ2v) is 7.31. The number of hydrogen-bond donors (Lipinski definition) is 2. The van der Waals surface area contributed by atoms with E-state index in [1.165, 1.54) is 31.2 Å². The first-order chi connectivity index (χ1) is 13.7. The summed E-state index contributed by atoms with van der Waals surface area (Å²) in [4.78, 5) is 10.9. The molecule has 7 heteroatoms. The molecular weight excluding hydrogens is 418 g/mol. The number of carboxylic acids is 1. The number of hydrogen-bond acceptors (Lipinski definition) is 3. The maximum absolute atomic E-state index is 13.2. The minimum absolute atomic E-state index is 0.0731. The van der Waals surface area contributed by atoms with Gasteiger partial charge in [0.05, 0.1) is 0 Å². The molecule has 0 amide bonds. The standard InChI is InChI=1S/C22H17Cl2FO4/c1-12(22(27)28)29-16-10-19(23)18(20(24)11-16)9-13-2-7-21(26)17(8-13)14-3-5-15(25)6-4-14/h2-8,10-12,26H,9H2,1H3,(H,27,28). The zero-order chi connectivity index (χ0) is 21.1. The van der Waals surface area contributed by atoms with E-state index >= 15 is 0 Å². The van der Waals surface area contributed by atoms with E-state index < -0.39 is 12.1 Å². The van der Waals surface area contributed by atoms with Crippen LogP contribution in [0.5, 0.6) is 11.5 Å². The van der Waals surface area contributed by atoms with Crippen LogP contribution < -0.4 is 4.74 Å². The van der Waals surface area contributed by atoms with Gasteiger partial charge in [0.25, 0.3) is 0 Å². The first kappa shape index (κ1) is 21.0. The molecule has 0 spiro atoms. The van der Waals surface area contributed by atoms with E-state index in [0.29, 0.717) is 33.2 Å². The average Bonchev–Trinajstić information content (AvgIpc) is 2.66. The van der Waals surface area contributed by atoms with Crippen LogP contribution in [0.4, 0.5) is 4.39 Å². The lowest BCUT2D eigenvalue weighted by molar-refractivity contribution is -0.144. The van der Waals surface area contributed by atoms with Gasteiger partial charge in [-0.05, 0) is 60.0 Å². The Morgan fingerprint density at radius 1 is 1.07 bits per heavy atom. The van der Waals surface area contributed by atoms with Crippen LogP contribution in [-0.4, -0.2) is 22.3 Å². The molecule has 3 rings (SSSR count). The van der Waals surface area contributed by atoms with Crippen molar-refractivity contribution in [3.8, 4) is 22.6 Å². The van der Waals surface area contributed by atoms with Crippen LogP contribution in [0.25, 0.3) is 11.1 Å². The van der Waals surface area contributed by atoms with Crippen molar-refractivity contribution in [2.75, 3.05) is 0 Å². The van der Waals surface area contributed by atoms with Gasteiger partial charge in [0.2, 0.25) is 0 Å². The van der Waals surface area contributed by atoms with Gasteiger partial charge in [0.15, 0.2) is 6.10 Å². The zero-order valence-corrected chi connectivity index (χ0v) is 16.8. The zero-order valence-electron chi connectivity index (χ0n) is 15.3. The minimum Gasteiger partial charge on any atom is -0.507 e.